The fourth-order valence-corrected chi connectivity index (χ4v) is 2.49. The third-order valence-corrected chi connectivity index (χ3v) is 4.07. The highest BCUT2D eigenvalue weighted by Crippen LogP contribution is 2.24. The van der Waals surface area contributed by atoms with Gasteiger partial charge in [0.25, 0.3) is 9.05 Å². The van der Waals surface area contributed by atoms with Crippen LogP contribution in [0, 0.1) is 10.1 Å². The highest BCUT2D eigenvalue weighted by molar-refractivity contribution is 8.13. The van der Waals surface area contributed by atoms with Crippen LogP contribution in [-0.4, -0.2) is 43.5 Å². The van der Waals surface area contributed by atoms with Crippen LogP contribution in [-0.2, 0) is 25.4 Å². The zero-order valence-electron chi connectivity index (χ0n) is 8.98. The molecule has 0 fully saturated rings. The van der Waals surface area contributed by atoms with Crippen molar-refractivity contribution >= 4 is 35.4 Å². The quantitative estimate of drug-likeness (QED) is 0.416. The molecule has 12 heteroatoms. The molecule has 0 saturated carbocycles. The average molecular weight is 318 g/mol. The maximum Gasteiger partial charge on any atom is 0.410 e. The summed E-state index contributed by atoms with van der Waals surface area (Å²) in [7, 11) is -2.60. The van der Waals surface area contributed by atoms with Crippen molar-refractivity contribution in [3.8, 4) is 0 Å². The van der Waals surface area contributed by atoms with E-state index in [1.165, 1.54) is 0 Å². The summed E-state index contributed by atoms with van der Waals surface area (Å²) in [4.78, 5) is 8.80. The largest absolute Gasteiger partial charge is 0.410 e. The first-order valence-electron chi connectivity index (χ1n) is 4.35. The Morgan fingerprint density at radius 2 is 2.00 bits per heavy atom. The average Bonchev–Trinajstić information content (AvgIpc) is 2.56. The van der Waals surface area contributed by atoms with Crippen molar-refractivity contribution < 1.29 is 21.8 Å². The van der Waals surface area contributed by atoms with E-state index in [1.54, 1.807) is 0 Å². The summed E-state index contributed by atoms with van der Waals surface area (Å²) in [5, 5.41) is 13.9. The summed E-state index contributed by atoms with van der Waals surface area (Å²) in [6.45, 7) is -0.202. The molecular formula is C6H8ClN3O6S2. The molecule has 0 aliphatic carbocycles. The van der Waals surface area contributed by atoms with Crippen LogP contribution in [0.15, 0.2) is 11.1 Å². The molecule has 9 nitrogen and oxygen atoms in total. The van der Waals surface area contributed by atoms with Gasteiger partial charge in [0.1, 0.15) is 9.84 Å². The highest BCUT2D eigenvalue weighted by Gasteiger charge is 2.30. The Balaban J connectivity index is 3.16. The van der Waals surface area contributed by atoms with Crippen molar-refractivity contribution in [3.05, 3.63) is 16.3 Å². The Morgan fingerprint density at radius 3 is 2.33 bits per heavy atom. The van der Waals surface area contributed by atoms with Gasteiger partial charge in [0.2, 0.25) is 4.90 Å². The number of aromatic nitrogens is 2. The summed E-state index contributed by atoms with van der Waals surface area (Å²) in [5.74, 6) is -1.26. The second-order valence-electron chi connectivity index (χ2n) is 3.40. The Labute approximate surface area is 107 Å². The summed E-state index contributed by atoms with van der Waals surface area (Å²) in [6.07, 6.45) is 1.80. The Morgan fingerprint density at radius 1 is 1.44 bits per heavy atom. The predicted molar refractivity (Wildman–Crippen MR) is 61.6 cm³/mol. The molecule has 102 valence electrons. The normalized spacial score (nSPS) is 12.6. The lowest BCUT2D eigenvalue weighted by Gasteiger charge is -1.94. The third-order valence-electron chi connectivity index (χ3n) is 1.84. The first-order chi connectivity index (χ1) is 8.00. The van der Waals surface area contributed by atoms with E-state index in [2.05, 4.69) is 5.10 Å². The van der Waals surface area contributed by atoms with Gasteiger partial charge in [-0.15, -0.1) is 0 Å². The minimum absolute atomic E-state index is 0.202. The Hall–Kier alpha value is -1.20. The fourth-order valence-electron chi connectivity index (χ4n) is 1.07. The van der Waals surface area contributed by atoms with Gasteiger partial charge >= 0.3 is 5.82 Å². The van der Waals surface area contributed by atoms with Gasteiger partial charge in [0.05, 0.1) is 23.6 Å². The number of nitrogens with zero attached hydrogens (tertiary/aromatic N) is 3. The molecule has 0 aromatic carbocycles. The van der Waals surface area contributed by atoms with Crippen molar-refractivity contribution in [3.63, 3.8) is 0 Å². The Kier molecular flexibility index (Phi) is 3.98. The van der Waals surface area contributed by atoms with E-state index < -0.39 is 34.5 Å². The molecule has 0 atom stereocenters. The number of sulfone groups is 1. The first kappa shape index (κ1) is 14.9. The summed E-state index contributed by atoms with van der Waals surface area (Å²) < 4.78 is 44.8. The van der Waals surface area contributed by atoms with Crippen molar-refractivity contribution in [2.45, 2.75) is 11.4 Å². The molecule has 0 bridgehead atoms. The second kappa shape index (κ2) is 4.82. The molecule has 0 saturated heterocycles. The van der Waals surface area contributed by atoms with Gasteiger partial charge < -0.3 is 10.1 Å². The molecule has 1 aromatic rings. The van der Waals surface area contributed by atoms with E-state index in [9.17, 15) is 26.9 Å². The number of hydrogen-bond acceptors (Lipinski definition) is 7. The molecule has 0 aliphatic heterocycles. The topological polar surface area (TPSA) is 129 Å². The smallest absolute Gasteiger partial charge is 0.358 e. The number of hydrogen-bond donors (Lipinski definition) is 0. The Bertz CT molecular complexity index is 676. The standard InChI is InChI=1S/C6H8ClN3O6S2/c1-17(13,14)3-2-9-4-5(18(7,15)16)6(8-9)10(11)12/h4H,2-3H2,1H3. The molecule has 0 amide bonds. The molecule has 0 radical (unpaired) electrons. The molecule has 0 N–H and O–H groups in total. The minimum atomic E-state index is -4.31. The monoisotopic (exact) mass is 317 g/mol. The zero-order chi connectivity index (χ0) is 14.1. The maximum atomic E-state index is 11.1. The maximum absolute atomic E-state index is 11.1. The van der Waals surface area contributed by atoms with Gasteiger partial charge in [0.15, 0.2) is 0 Å². The molecule has 0 aliphatic rings. The van der Waals surface area contributed by atoms with Gasteiger partial charge in [-0.05, 0) is 4.92 Å². The van der Waals surface area contributed by atoms with Crippen molar-refractivity contribution in [2.24, 2.45) is 0 Å². The molecule has 0 spiro atoms. The van der Waals surface area contributed by atoms with Crippen molar-refractivity contribution in [1.29, 1.82) is 0 Å². The molecular weight excluding hydrogens is 310 g/mol. The van der Waals surface area contributed by atoms with Gasteiger partial charge in [-0.3, -0.25) is 0 Å². The van der Waals surface area contributed by atoms with E-state index in [0.717, 1.165) is 17.1 Å². The van der Waals surface area contributed by atoms with Crippen LogP contribution < -0.4 is 0 Å². The molecule has 18 heavy (non-hydrogen) atoms. The molecule has 1 rings (SSSR count). The molecule has 1 aromatic heterocycles. The van der Waals surface area contributed by atoms with Crippen molar-refractivity contribution in [2.75, 3.05) is 12.0 Å². The van der Waals surface area contributed by atoms with Crippen LogP contribution in [0.25, 0.3) is 0 Å². The van der Waals surface area contributed by atoms with Crippen LogP contribution >= 0.6 is 10.7 Å². The SMILES string of the molecule is CS(=O)(=O)CCn1cc(S(=O)(=O)Cl)c([N+](=O)[O-])n1. The van der Waals surface area contributed by atoms with Crippen molar-refractivity contribution in [1.82, 2.24) is 9.78 Å². The van der Waals surface area contributed by atoms with Gasteiger partial charge in [-0.25, -0.2) is 16.8 Å². The van der Waals surface area contributed by atoms with E-state index >= 15 is 0 Å². The van der Waals surface area contributed by atoms with E-state index in [1.807, 2.05) is 0 Å². The van der Waals surface area contributed by atoms with Crippen LogP contribution in [0.2, 0.25) is 0 Å². The van der Waals surface area contributed by atoms with Gasteiger partial charge in [-0.1, -0.05) is 0 Å². The number of nitro groups is 1. The summed E-state index contributed by atoms with van der Waals surface area (Å²) in [5.41, 5.74) is 0. The number of aryl methyl sites for hydroxylation is 1. The lowest BCUT2D eigenvalue weighted by Crippen LogP contribution is -2.11. The third kappa shape index (κ3) is 3.92. The summed E-state index contributed by atoms with van der Waals surface area (Å²) in [6, 6.07) is 0. The lowest BCUT2D eigenvalue weighted by molar-refractivity contribution is -0.392. The molecule has 1 heterocycles. The second-order valence-corrected chi connectivity index (χ2v) is 8.20. The van der Waals surface area contributed by atoms with Crippen LogP contribution in [0.4, 0.5) is 5.82 Å². The van der Waals surface area contributed by atoms with E-state index in [-0.39, 0.29) is 12.3 Å². The zero-order valence-corrected chi connectivity index (χ0v) is 11.4. The van der Waals surface area contributed by atoms with Crippen LogP contribution in [0.5, 0.6) is 0 Å². The van der Waals surface area contributed by atoms with Crippen LogP contribution in [0.3, 0.4) is 0 Å². The predicted octanol–water partition coefficient (Wildman–Crippen LogP) is -0.237. The van der Waals surface area contributed by atoms with Gasteiger partial charge in [-0.2, -0.15) is 4.68 Å². The minimum Gasteiger partial charge on any atom is -0.358 e. The van der Waals surface area contributed by atoms with Gasteiger partial charge in [0, 0.05) is 16.9 Å². The van der Waals surface area contributed by atoms with E-state index in [0.29, 0.717) is 0 Å². The number of halogens is 1. The summed E-state index contributed by atoms with van der Waals surface area (Å²) >= 11 is 0. The fraction of sp³-hybridized carbons (Fsp3) is 0.500. The molecule has 0 unspecified atom stereocenters. The first-order valence-corrected chi connectivity index (χ1v) is 8.72. The number of rotatable bonds is 5. The van der Waals surface area contributed by atoms with E-state index in [4.69, 9.17) is 10.7 Å². The van der Waals surface area contributed by atoms with Crippen LogP contribution in [0.1, 0.15) is 0 Å². The lowest BCUT2D eigenvalue weighted by atomic mass is 10.6. The highest BCUT2D eigenvalue weighted by atomic mass is 35.7.